The smallest absolute Gasteiger partial charge is 0.133 e. The molecule has 0 saturated carbocycles. The van der Waals surface area contributed by atoms with Crippen molar-refractivity contribution >= 4 is 0 Å². The van der Waals surface area contributed by atoms with Crippen molar-refractivity contribution in [2.45, 2.75) is 12.6 Å². The fourth-order valence-electron chi connectivity index (χ4n) is 2.81. The predicted octanol–water partition coefficient (Wildman–Crippen LogP) is 2.27. The molecule has 5 heteroatoms. The van der Waals surface area contributed by atoms with Crippen LogP contribution in [0.5, 0.6) is 0 Å². The van der Waals surface area contributed by atoms with Crippen molar-refractivity contribution in [3.63, 3.8) is 0 Å². The van der Waals surface area contributed by atoms with Crippen LogP contribution in [-0.4, -0.2) is 47.6 Å². The van der Waals surface area contributed by atoms with Gasteiger partial charge in [-0.15, -0.1) is 0 Å². The van der Waals surface area contributed by atoms with Gasteiger partial charge in [0, 0.05) is 44.8 Å². The summed E-state index contributed by atoms with van der Waals surface area (Å²) in [4.78, 5) is 4.46. The van der Waals surface area contributed by atoms with Crippen LogP contribution < -0.4 is 0 Å². The minimum Gasteiger partial charge on any atom is -0.467 e. The molecule has 1 aromatic heterocycles. The van der Waals surface area contributed by atoms with Crippen molar-refractivity contribution in [1.82, 2.24) is 9.80 Å². The molecule has 0 amide bonds. The van der Waals surface area contributed by atoms with Crippen molar-refractivity contribution in [3.05, 3.63) is 59.8 Å². The standard InChI is InChI=1S/C17H21FN2O2/c18-15-5-2-1-4-14(15)12-19-7-9-20(10-8-19)13-16(21)17-6-3-11-22-17/h1-6,11,16,21H,7-10,12-13H2/t16-/m0/s1. The summed E-state index contributed by atoms with van der Waals surface area (Å²) in [6.45, 7) is 4.69. The molecule has 0 spiro atoms. The lowest BCUT2D eigenvalue weighted by Crippen LogP contribution is -2.47. The minimum absolute atomic E-state index is 0.141. The number of hydrogen-bond acceptors (Lipinski definition) is 4. The second-order valence-corrected chi connectivity index (χ2v) is 5.70. The van der Waals surface area contributed by atoms with Gasteiger partial charge in [0.2, 0.25) is 0 Å². The van der Waals surface area contributed by atoms with Crippen LogP contribution in [0.4, 0.5) is 4.39 Å². The zero-order valence-corrected chi connectivity index (χ0v) is 12.5. The van der Waals surface area contributed by atoms with Crippen LogP contribution >= 0.6 is 0 Å². The monoisotopic (exact) mass is 304 g/mol. The van der Waals surface area contributed by atoms with Gasteiger partial charge in [0.05, 0.1) is 6.26 Å². The van der Waals surface area contributed by atoms with E-state index in [4.69, 9.17) is 4.42 Å². The molecule has 22 heavy (non-hydrogen) atoms. The van der Waals surface area contributed by atoms with Gasteiger partial charge in [-0.25, -0.2) is 4.39 Å². The summed E-state index contributed by atoms with van der Waals surface area (Å²) < 4.78 is 18.9. The van der Waals surface area contributed by atoms with Gasteiger partial charge in [-0.2, -0.15) is 0 Å². The normalized spacial score (nSPS) is 18.5. The van der Waals surface area contributed by atoms with Crippen LogP contribution in [0, 0.1) is 5.82 Å². The fraction of sp³-hybridized carbons (Fsp3) is 0.412. The molecule has 1 aliphatic rings. The Morgan fingerprint density at radius 2 is 1.77 bits per heavy atom. The number of aliphatic hydroxyl groups is 1. The summed E-state index contributed by atoms with van der Waals surface area (Å²) in [7, 11) is 0. The van der Waals surface area contributed by atoms with Crippen LogP contribution in [0.3, 0.4) is 0 Å². The van der Waals surface area contributed by atoms with Crippen molar-refractivity contribution in [3.8, 4) is 0 Å². The Kier molecular flexibility index (Phi) is 4.87. The second kappa shape index (κ2) is 7.05. The topological polar surface area (TPSA) is 39.9 Å². The van der Waals surface area contributed by atoms with Gasteiger partial charge < -0.3 is 9.52 Å². The predicted molar refractivity (Wildman–Crippen MR) is 81.8 cm³/mol. The highest BCUT2D eigenvalue weighted by atomic mass is 19.1. The van der Waals surface area contributed by atoms with Gasteiger partial charge in [-0.3, -0.25) is 9.80 Å². The average molecular weight is 304 g/mol. The van der Waals surface area contributed by atoms with Crippen LogP contribution in [0.15, 0.2) is 47.1 Å². The van der Waals surface area contributed by atoms with Crippen molar-refractivity contribution in [2.24, 2.45) is 0 Å². The van der Waals surface area contributed by atoms with Gasteiger partial charge in [-0.05, 0) is 18.2 Å². The third-order valence-electron chi connectivity index (χ3n) is 4.12. The number of hydrogen-bond donors (Lipinski definition) is 1. The molecule has 118 valence electrons. The third-order valence-corrected chi connectivity index (χ3v) is 4.12. The lowest BCUT2D eigenvalue weighted by Gasteiger charge is -2.35. The second-order valence-electron chi connectivity index (χ2n) is 5.70. The van der Waals surface area contributed by atoms with E-state index >= 15 is 0 Å². The molecular formula is C17H21FN2O2. The third kappa shape index (κ3) is 3.74. The number of rotatable bonds is 5. The summed E-state index contributed by atoms with van der Waals surface area (Å²) in [5.74, 6) is 0.465. The first-order chi connectivity index (χ1) is 10.7. The first-order valence-corrected chi connectivity index (χ1v) is 7.62. The average Bonchev–Trinajstić information content (AvgIpc) is 3.06. The molecule has 0 unspecified atom stereocenters. The molecule has 1 aliphatic heterocycles. The maximum Gasteiger partial charge on any atom is 0.133 e. The van der Waals surface area contributed by atoms with E-state index in [-0.39, 0.29) is 5.82 Å². The van der Waals surface area contributed by atoms with Gasteiger partial charge in [0.15, 0.2) is 0 Å². The van der Waals surface area contributed by atoms with Gasteiger partial charge in [0.1, 0.15) is 17.7 Å². The molecule has 4 nitrogen and oxygen atoms in total. The summed E-state index contributed by atoms with van der Waals surface area (Å²) in [6, 6.07) is 10.5. The van der Waals surface area contributed by atoms with E-state index in [1.54, 1.807) is 24.5 Å². The first-order valence-electron chi connectivity index (χ1n) is 7.62. The number of halogens is 1. The number of β-amino-alcohol motifs (C(OH)–C–C–N with tert-alkyl or cyclic N) is 1. The van der Waals surface area contributed by atoms with Crippen LogP contribution in [-0.2, 0) is 6.54 Å². The number of piperazine rings is 1. The SMILES string of the molecule is O[C@@H](CN1CCN(Cc2ccccc2F)CC1)c1ccco1. The Labute approximate surface area is 129 Å². The van der Waals surface area contributed by atoms with Gasteiger partial charge in [0.25, 0.3) is 0 Å². The molecule has 2 aromatic rings. The first kappa shape index (κ1) is 15.2. The van der Waals surface area contributed by atoms with E-state index in [0.29, 0.717) is 18.8 Å². The quantitative estimate of drug-likeness (QED) is 0.920. The van der Waals surface area contributed by atoms with Gasteiger partial charge >= 0.3 is 0 Å². The van der Waals surface area contributed by atoms with E-state index in [0.717, 1.165) is 31.7 Å². The molecule has 0 radical (unpaired) electrons. The van der Waals surface area contributed by atoms with E-state index in [9.17, 15) is 9.50 Å². The molecule has 1 N–H and O–H groups in total. The lowest BCUT2D eigenvalue weighted by molar-refractivity contribution is 0.0595. The molecule has 3 rings (SSSR count). The van der Waals surface area contributed by atoms with E-state index in [1.807, 2.05) is 12.1 Å². The maximum absolute atomic E-state index is 13.7. The summed E-state index contributed by atoms with van der Waals surface area (Å²) in [5.41, 5.74) is 0.742. The van der Waals surface area contributed by atoms with Crippen LogP contribution in [0.1, 0.15) is 17.4 Å². The largest absolute Gasteiger partial charge is 0.467 e. The minimum atomic E-state index is -0.590. The fourth-order valence-corrected chi connectivity index (χ4v) is 2.81. The Balaban J connectivity index is 1.47. The molecule has 0 aliphatic carbocycles. The maximum atomic E-state index is 13.7. The zero-order valence-electron chi connectivity index (χ0n) is 12.5. The van der Waals surface area contributed by atoms with Crippen LogP contribution in [0.2, 0.25) is 0 Å². The van der Waals surface area contributed by atoms with Crippen LogP contribution in [0.25, 0.3) is 0 Å². The number of aliphatic hydroxyl groups excluding tert-OH is 1. The Bertz CT molecular complexity index is 580. The lowest BCUT2D eigenvalue weighted by atomic mass is 10.1. The molecule has 1 aromatic carbocycles. The molecule has 1 fully saturated rings. The van der Waals surface area contributed by atoms with Crippen molar-refractivity contribution in [2.75, 3.05) is 32.7 Å². The highest BCUT2D eigenvalue weighted by molar-refractivity contribution is 5.17. The zero-order chi connectivity index (χ0) is 15.4. The molecule has 1 saturated heterocycles. The number of benzene rings is 1. The van der Waals surface area contributed by atoms with E-state index in [2.05, 4.69) is 9.80 Å². The summed E-state index contributed by atoms with van der Waals surface area (Å²) in [5, 5.41) is 10.1. The highest BCUT2D eigenvalue weighted by Gasteiger charge is 2.21. The Morgan fingerprint density at radius 1 is 1.05 bits per heavy atom. The highest BCUT2D eigenvalue weighted by Crippen LogP contribution is 2.17. The van der Waals surface area contributed by atoms with Crippen molar-refractivity contribution < 1.29 is 13.9 Å². The molecule has 1 atom stereocenters. The summed E-state index contributed by atoms with van der Waals surface area (Å²) in [6.07, 6.45) is 0.985. The van der Waals surface area contributed by atoms with E-state index in [1.165, 1.54) is 6.07 Å². The van der Waals surface area contributed by atoms with Gasteiger partial charge in [-0.1, -0.05) is 18.2 Å². The molecule has 0 bridgehead atoms. The van der Waals surface area contributed by atoms with Crippen molar-refractivity contribution in [1.29, 1.82) is 0 Å². The Hall–Kier alpha value is -1.69. The molecular weight excluding hydrogens is 283 g/mol. The Morgan fingerprint density at radius 3 is 2.45 bits per heavy atom. The number of nitrogens with zero attached hydrogens (tertiary/aromatic N) is 2. The summed E-state index contributed by atoms with van der Waals surface area (Å²) >= 11 is 0. The number of furan rings is 1. The van der Waals surface area contributed by atoms with E-state index < -0.39 is 6.10 Å². The molecule has 2 heterocycles.